The zero-order valence-electron chi connectivity index (χ0n) is 8.08. The molecule has 0 N–H and O–H groups in total. The minimum Gasteiger partial charge on any atom is -0.447 e. The molecule has 4 nitrogen and oxygen atoms in total. The first-order valence-electron chi connectivity index (χ1n) is 4.57. The number of carbonyl (C=O) groups excluding carboxylic acids is 2. The highest BCUT2D eigenvalue weighted by molar-refractivity contribution is 5.81. The third kappa shape index (κ3) is 3.05. The molecule has 0 saturated carbocycles. The number of ether oxygens (including phenoxy) is 1. The summed E-state index contributed by atoms with van der Waals surface area (Å²) in [5.74, 6) is 0.230. The molecule has 0 aromatic carbocycles. The van der Waals surface area contributed by atoms with Gasteiger partial charge in [0.1, 0.15) is 5.78 Å². The van der Waals surface area contributed by atoms with Crippen LogP contribution in [0.1, 0.15) is 26.7 Å². The zero-order chi connectivity index (χ0) is 9.84. The molecule has 1 heterocycles. The van der Waals surface area contributed by atoms with E-state index < -0.39 is 0 Å². The maximum atomic E-state index is 11.3. The Balaban J connectivity index is 2.35. The molecule has 0 aromatic rings. The summed E-state index contributed by atoms with van der Waals surface area (Å²) in [5, 5.41) is 0. The Morgan fingerprint density at radius 3 is 2.38 bits per heavy atom. The molecule has 13 heavy (non-hydrogen) atoms. The van der Waals surface area contributed by atoms with Gasteiger partial charge >= 0.3 is 6.09 Å². The Labute approximate surface area is 77.8 Å². The van der Waals surface area contributed by atoms with Crippen LogP contribution >= 0.6 is 0 Å². The normalized spacial score (nSPS) is 17.8. The summed E-state index contributed by atoms with van der Waals surface area (Å²) in [6.07, 6.45) is 0.535. The predicted octanol–water partition coefficient (Wildman–Crippen LogP) is 1.20. The Hall–Kier alpha value is -1.06. The number of carbonyl (C=O) groups is 2. The van der Waals surface area contributed by atoms with Gasteiger partial charge in [0.15, 0.2) is 0 Å². The maximum absolute atomic E-state index is 11.3. The van der Waals surface area contributed by atoms with Gasteiger partial charge in [-0.1, -0.05) is 0 Å². The Kier molecular flexibility index (Phi) is 3.28. The number of piperidine rings is 1. The summed E-state index contributed by atoms with van der Waals surface area (Å²) in [5.41, 5.74) is 0. The predicted molar refractivity (Wildman–Crippen MR) is 47.4 cm³/mol. The average molecular weight is 185 g/mol. The van der Waals surface area contributed by atoms with E-state index in [1.54, 1.807) is 4.90 Å². The Morgan fingerprint density at radius 2 is 1.92 bits per heavy atom. The van der Waals surface area contributed by atoms with E-state index in [9.17, 15) is 9.59 Å². The topological polar surface area (TPSA) is 46.6 Å². The third-order valence-corrected chi connectivity index (χ3v) is 1.92. The lowest BCUT2D eigenvalue weighted by atomic mass is 10.1. The van der Waals surface area contributed by atoms with E-state index >= 15 is 0 Å². The third-order valence-electron chi connectivity index (χ3n) is 1.92. The first kappa shape index (κ1) is 10.0. The van der Waals surface area contributed by atoms with Crippen LogP contribution in [-0.4, -0.2) is 36.0 Å². The van der Waals surface area contributed by atoms with Gasteiger partial charge in [-0.25, -0.2) is 4.79 Å². The van der Waals surface area contributed by atoms with Gasteiger partial charge in [0.05, 0.1) is 6.10 Å². The van der Waals surface area contributed by atoms with Crippen LogP contribution in [0.2, 0.25) is 0 Å². The standard InChI is InChI=1S/C9H15NO3/c1-7(2)13-9(12)10-5-3-8(11)4-6-10/h7H,3-6H2,1-2H3. The maximum Gasteiger partial charge on any atom is 0.410 e. The van der Waals surface area contributed by atoms with E-state index in [0.717, 1.165) is 0 Å². The van der Waals surface area contributed by atoms with Gasteiger partial charge in [-0.2, -0.15) is 0 Å². The SMILES string of the molecule is CC(C)OC(=O)N1CCC(=O)CC1. The molecule has 1 fully saturated rings. The van der Waals surface area contributed by atoms with Crippen molar-refractivity contribution in [3.05, 3.63) is 0 Å². The van der Waals surface area contributed by atoms with Gasteiger partial charge in [-0.3, -0.25) is 4.79 Å². The second-order valence-corrected chi connectivity index (χ2v) is 3.46. The number of nitrogens with zero attached hydrogens (tertiary/aromatic N) is 1. The molecule has 0 spiro atoms. The molecule has 74 valence electrons. The van der Waals surface area contributed by atoms with Crippen molar-refractivity contribution < 1.29 is 14.3 Å². The van der Waals surface area contributed by atoms with Gasteiger partial charge in [0, 0.05) is 25.9 Å². The number of hydrogen-bond donors (Lipinski definition) is 0. The summed E-state index contributed by atoms with van der Waals surface area (Å²) >= 11 is 0. The molecule has 1 rings (SSSR count). The van der Waals surface area contributed by atoms with E-state index in [2.05, 4.69) is 0 Å². The second-order valence-electron chi connectivity index (χ2n) is 3.46. The fourth-order valence-electron chi connectivity index (χ4n) is 1.21. The van der Waals surface area contributed by atoms with Crippen LogP contribution in [-0.2, 0) is 9.53 Å². The summed E-state index contributed by atoms with van der Waals surface area (Å²) < 4.78 is 5.00. The van der Waals surface area contributed by atoms with Gasteiger partial charge in [0.2, 0.25) is 0 Å². The van der Waals surface area contributed by atoms with Crippen molar-refractivity contribution >= 4 is 11.9 Å². The molecule has 0 bridgehead atoms. The smallest absolute Gasteiger partial charge is 0.410 e. The molecular weight excluding hydrogens is 170 g/mol. The minimum absolute atomic E-state index is 0.0925. The van der Waals surface area contributed by atoms with Gasteiger partial charge in [-0.15, -0.1) is 0 Å². The van der Waals surface area contributed by atoms with Crippen molar-refractivity contribution in [1.29, 1.82) is 0 Å². The van der Waals surface area contributed by atoms with Crippen LogP contribution in [0, 0.1) is 0 Å². The highest BCUT2D eigenvalue weighted by Gasteiger charge is 2.22. The first-order chi connectivity index (χ1) is 6.09. The van der Waals surface area contributed by atoms with Crippen LogP contribution in [0.15, 0.2) is 0 Å². The molecule has 1 amide bonds. The quantitative estimate of drug-likeness (QED) is 0.616. The second kappa shape index (κ2) is 4.25. The van der Waals surface area contributed by atoms with Crippen LogP contribution in [0.5, 0.6) is 0 Å². The number of Topliss-reactive ketones (excluding diaryl/α,β-unsaturated/α-hetero) is 1. The largest absolute Gasteiger partial charge is 0.447 e. The monoisotopic (exact) mass is 185 g/mol. The van der Waals surface area contributed by atoms with E-state index in [-0.39, 0.29) is 18.0 Å². The van der Waals surface area contributed by atoms with Gasteiger partial charge < -0.3 is 9.64 Å². The van der Waals surface area contributed by atoms with Crippen molar-refractivity contribution in [2.24, 2.45) is 0 Å². The average Bonchev–Trinajstić information content (AvgIpc) is 2.04. The highest BCUT2D eigenvalue weighted by Crippen LogP contribution is 2.07. The number of likely N-dealkylation sites (tertiary alicyclic amines) is 1. The zero-order valence-corrected chi connectivity index (χ0v) is 8.08. The molecule has 0 radical (unpaired) electrons. The van der Waals surface area contributed by atoms with Crippen molar-refractivity contribution in [1.82, 2.24) is 4.90 Å². The number of ketones is 1. The highest BCUT2D eigenvalue weighted by atomic mass is 16.6. The molecule has 0 atom stereocenters. The fraction of sp³-hybridized carbons (Fsp3) is 0.778. The fourth-order valence-corrected chi connectivity index (χ4v) is 1.21. The lowest BCUT2D eigenvalue weighted by molar-refractivity contribution is -0.121. The van der Waals surface area contributed by atoms with Crippen molar-refractivity contribution in [2.75, 3.05) is 13.1 Å². The van der Waals surface area contributed by atoms with Crippen molar-refractivity contribution in [3.63, 3.8) is 0 Å². The first-order valence-corrected chi connectivity index (χ1v) is 4.57. The molecule has 1 aliphatic rings. The molecule has 0 unspecified atom stereocenters. The van der Waals surface area contributed by atoms with E-state index in [4.69, 9.17) is 4.74 Å². The van der Waals surface area contributed by atoms with Gasteiger partial charge in [-0.05, 0) is 13.8 Å². The molecule has 1 aliphatic heterocycles. The minimum atomic E-state index is -0.303. The number of hydrogen-bond acceptors (Lipinski definition) is 3. The lowest BCUT2D eigenvalue weighted by Crippen LogP contribution is -2.39. The number of rotatable bonds is 1. The van der Waals surface area contributed by atoms with Crippen molar-refractivity contribution in [3.8, 4) is 0 Å². The van der Waals surface area contributed by atoms with E-state index in [1.807, 2.05) is 13.8 Å². The number of amides is 1. The van der Waals surface area contributed by atoms with Crippen molar-refractivity contribution in [2.45, 2.75) is 32.8 Å². The van der Waals surface area contributed by atoms with E-state index in [1.165, 1.54) is 0 Å². The molecule has 0 aromatic heterocycles. The summed E-state index contributed by atoms with van der Waals surface area (Å²) in [6, 6.07) is 0. The summed E-state index contributed by atoms with van der Waals surface area (Å²) in [7, 11) is 0. The van der Waals surface area contributed by atoms with Crippen LogP contribution in [0.25, 0.3) is 0 Å². The molecular formula is C9H15NO3. The molecule has 4 heteroatoms. The van der Waals surface area contributed by atoms with Gasteiger partial charge in [0.25, 0.3) is 0 Å². The Morgan fingerprint density at radius 1 is 1.38 bits per heavy atom. The van der Waals surface area contributed by atoms with Crippen LogP contribution in [0.4, 0.5) is 4.79 Å². The van der Waals surface area contributed by atoms with E-state index in [0.29, 0.717) is 25.9 Å². The Bertz CT molecular complexity index is 203. The summed E-state index contributed by atoms with van der Waals surface area (Å²) in [6.45, 7) is 4.63. The molecule has 1 saturated heterocycles. The lowest BCUT2D eigenvalue weighted by Gasteiger charge is -2.26. The van der Waals surface area contributed by atoms with Crippen LogP contribution < -0.4 is 0 Å². The summed E-state index contributed by atoms with van der Waals surface area (Å²) in [4.78, 5) is 23.8. The molecule has 0 aliphatic carbocycles. The van der Waals surface area contributed by atoms with Crippen LogP contribution in [0.3, 0.4) is 0 Å².